The summed E-state index contributed by atoms with van der Waals surface area (Å²) < 4.78 is 29.2. The standard InChI is InChI=1S/C20H18N2O5S2/c1-27-19(24)15-9-7-14(8-10-15)17-13-28-20(21-17)22-18(23)11-12-29(25,26)16-5-3-2-4-6-16/h2-10,13H,11-12H2,1H3,(H,21,22,23). The fourth-order valence-corrected chi connectivity index (χ4v) is 4.51. The predicted octanol–water partition coefficient (Wildman–Crippen LogP) is 3.40. The van der Waals surface area contributed by atoms with Crippen LogP contribution in [0.15, 0.2) is 64.9 Å². The monoisotopic (exact) mass is 430 g/mol. The van der Waals surface area contributed by atoms with Gasteiger partial charge >= 0.3 is 5.97 Å². The largest absolute Gasteiger partial charge is 0.465 e. The molecule has 9 heteroatoms. The maximum atomic E-state index is 12.2. The summed E-state index contributed by atoms with van der Waals surface area (Å²) in [6.45, 7) is 0. The van der Waals surface area contributed by atoms with E-state index >= 15 is 0 Å². The van der Waals surface area contributed by atoms with E-state index in [0.29, 0.717) is 16.4 Å². The molecule has 7 nitrogen and oxygen atoms in total. The van der Waals surface area contributed by atoms with Crippen LogP contribution in [0.2, 0.25) is 0 Å². The summed E-state index contributed by atoms with van der Waals surface area (Å²) in [6.07, 6.45) is -0.167. The lowest BCUT2D eigenvalue weighted by molar-refractivity contribution is -0.115. The second-order valence-electron chi connectivity index (χ2n) is 6.04. The van der Waals surface area contributed by atoms with E-state index in [1.807, 2.05) is 0 Å². The number of ether oxygens (including phenoxy) is 1. The maximum absolute atomic E-state index is 12.2. The van der Waals surface area contributed by atoms with Crippen LogP contribution >= 0.6 is 11.3 Å². The van der Waals surface area contributed by atoms with Gasteiger partial charge in [-0.2, -0.15) is 0 Å². The molecule has 0 bridgehead atoms. The molecule has 29 heavy (non-hydrogen) atoms. The average molecular weight is 431 g/mol. The van der Waals surface area contributed by atoms with Crippen molar-refractivity contribution < 1.29 is 22.7 Å². The number of nitrogens with zero attached hydrogens (tertiary/aromatic N) is 1. The molecule has 0 saturated heterocycles. The number of benzene rings is 2. The fourth-order valence-electron chi connectivity index (χ4n) is 2.51. The Morgan fingerprint density at radius 3 is 2.41 bits per heavy atom. The highest BCUT2D eigenvalue weighted by Crippen LogP contribution is 2.25. The minimum absolute atomic E-state index is 0.167. The van der Waals surface area contributed by atoms with Gasteiger partial charge in [0.15, 0.2) is 15.0 Å². The summed E-state index contributed by atoms with van der Waals surface area (Å²) in [6, 6.07) is 14.8. The molecule has 0 aliphatic carbocycles. The van der Waals surface area contributed by atoms with E-state index in [9.17, 15) is 18.0 Å². The zero-order valence-electron chi connectivity index (χ0n) is 15.5. The first kappa shape index (κ1) is 20.7. The molecule has 150 valence electrons. The molecule has 0 unspecified atom stereocenters. The van der Waals surface area contributed by atoms with Crippen LogP contribution in [0.1, 0.15) is 16.8 Å². The third-order valence-electron chi connectivity index (χ3n) is 4.05. The van der Waals surface area contributed by atoms with Gasteiger partial charge in [-0.25, -0.2) is 18.2 Å². The minimum atomic E-state index is -3.51. The Morgan fingerprint density at radius 2 is 1.76 bits per heavy atom. The van der Waals surface area contributed by atoms with Crippen molar-refractivity contribution in [2.75, 3.05) is 18.2 Å². The maximum Gasteiger partial charge on any atom is 0.337 e. The molecular weight excluding hydrogens is 412 g/mol. The molecular formula is C20H18N2O5S2. The number of thiazole rings is 1. The Hall–Kier alpha value is -3.04. The molecule has 0 radical (unpaired) electrons. The van der Waals surface area contributed by atoms with Gasteiger partial charge in [0, 0.05) is 17.4 Å². The second kappa shape index (κ2) is 8.97. The van der Waals surface area contributed by atoms with Gasteiger partial charge in [0.2, 0.25) is 5.91 Å². The van der Waals surface area contributed by atoms with Crippen LogP contribution in [0, 0.1) is 0 Å². The number of esters is 1. The molecule has 0 saturated carbocycles. The highest BCUT2D eigenvalue weighted by molar-refractivity contribution is 7.91. The van der Waals surface area contributed by atoms with Gasteiger partial charge in [0.25, 0.3) is 0 Å². The van der Waals surface area contributed by atoms with E-state index in [1.54, 1.807) is 47.8 Å². The second-order valence-corrected chi connectivity index (χ2v) is 9.00. The number of hydrogen-bond donors (Lipinski definition) is 1. The first-order chi connectivity index (χ1) is 13.9. The topological polar surface area (TPSA) is 102 Å². The molecule has 3 rings (SSSR count). The number of carbonyl (C=O) groups excluding carboxylic acids is 2. The van der Waals surface area contributed by atoms with E-state index < -0.39 is 21.7 Å². The molecule has 0 fully saturated rings. The van der Waals surface area contributed by atoms with Gasteiger partial charge in [-0.15, -0.1) is 11.3 Å². The van der Waals surface area contributed by atoms with E-state index in [4.69, 9.17) is 0 Å². The lowest BCUT2D eigenvalue weighted by Crippen LogP contribution is -2.17. The molecule has 0 spiro atoms. The number of sulfone groups is 1. The smallest absolute Gasteiger partial charge is 0.337 e. The van der Waals surface area contributed by atoms with Crippen molar-refractivity contribution in [2.24, 2.45) is 0 Å². The Kier molecular flexibility index (Phi) is 6.40. The number of anilines is 1. The van der Waals surface area contributed by atoms with E-state index in [0.717, 1.165) is 5.56 Å². The SMILES string of the molecule is COC(=O)c1ccc(-c2csc(NC(=O)CCS(=O)(=O)c3ccccc3)n2)cc1. The van der Waals surface area contributed by atoms with Crippen molar-refractivity contribution in [3.8, 4) is 11.3 Å². The number of carbonyl (C=O) groups is 2. The van der Waals surface area contributed by atoms with Gasteiger partial charge in [0.05, 0.1) is 29.0 Å². The molecule has 0 atom stereocenters. The molecule has 1 N–H and O–H groups in total. The zero-order chi connectivity index (χ0) is 20.9. The molecule has 0 aliphatic heterocycles. The molecule has 2 aromatic carbocycles. The minimum Gasteiger partial charge on any atom is -0.465 e. The number of hydrogen-bond acceptors (Lipinski definition) is 7. The first-order valence-electron chi connectivity index (χ1n) is 8.61. The molecule has 1 heterocycles. The van der Waals surface area contributed by atoms with E-state index in [2.05, 4.69) is 15.0 Å². The Balaban J connectivity index is 1.60. The third-order valence-corrected chi connectivity index (χ3v) is 6.54. The van der Waals surface area contributed by atoms with Gasteiger partial charge in [-0.3, -0.25) is 4.79 Å². The first-order valence-corrected chi connectivity index (χ1v) is 11.1. The summed E-state index contributed by atoms with van der Waals surface area (Å²) >= 11 is 1.23. The predicted molar refractivity (Wildman–Crippen MR) is 111 cm³/mol. The third kappa shape index (κ3) is 5.27. The van der Waals surface area contributed by atoms with Crippen molar-refractivity contribution in [3.05, 3.63) is 65.5 Å². The highest BCUT2D eigenvalue weighted by atomic mass is 32.2. The molecule has 1 aromatic heterocycles. The fraction of sp³-hybridized carbons (Fsp3) is 0.150. The van der Waals surface area contributed by atoms with Gasteiger partial charge < -0.3 is 10.1 Å². The van der Waals surface area contributed by atoms with Crippen LogP contribution in [0.25, 0.3) is 11.3 Å². The Bertz CT molecular complexity index is 1110. The number of nitrogens with one attached hydrogen (secondary N) is 1. The van der Waals surface area contributed by atoms with Gasteiger partial charge in [-0.1, -0.05) is 30.3 Å². The lowest BCUT2D eigenvalue weighted by Gasteiger charge is -2.04. The summed E-state index contributed by atoms with van der Waals surface area (Å²) in [5.41, 5.74) is 1.85. The summed E-state index contributed by atoms with van der Waals surface area (Å²) in [5.74, 6) is -1.13. The van der Waals surface area contributed by atoms with E-state index in [-0.39, 0.29) is 17.1 Å². The van der Waals surface area contributed by atoms with Crippen LogP contribution in [0.5, 0.6) is 0 Å². The van der Waals surface area contributed by atoms with Crippen LogP contribution in [0.3, 0.4) is 0 Å². The van der Waals surface area contributed by atoms with Gasteiger partial charge in [-0.05, 0) is 24.3 Å². The summed E-state index contributed by atoms with van der Waals surface area (Å²) in [4.78, 5) is 28.1. The van der Waals surface area contributed by atoms with Crippen molar-refractivity contribution in [1.29, 1.82) is 0 Å². The van der Waals surface area contributed by atoms with Gasteiger partial charge in [0.1, 0.15) is 0 Å². The number of methoxy groups -OCH3 is 1. The average Bonchev–Trinajstić information content (AvgIpc) is 3.21. The molecule has 1 amide bonds. The summed E-state index contributed by atoms with van der Waals surface area (Å²) in [7, 11) is -2.20. The highest BCUT2D eigenvalue weighted by Gasteiger charge is 2.17. The zero-order valence-corrected chi connectivity index (χ0v) is 17.1. The Labute approximate surface area is 172 Å². The van der Waals surface area contributed by atoms with Crippen LogP contribution < -0.4 is 5.32 Å². The molecule has 0 aliphatic rings. The van der Waals surface area contributed by atoms with Crippen molar-refractivity contribution in [2.45, 2.75) is 11.3 Å². The van der Waals surface area contributed by atoms with Crippen molar-refractivity contribution in [3.63, 3.8) is 0 Å². The Morgan fingerprint density at radius 1 is 1.07 bits per heavy atom. The number of amides is 1. The van der Waals surface area contributed by atoms with Crippen LogP contribution in [0.4, 0.5) is 5.13 Å². The van der Waals surface area contributed by atoms with Crippen molar-refractivity contribution in [1.82, 2.24) is 4.98 Å². The molecule has 3 aromatic rings. The van der Waals surface area contributed by atoms with Crippen molar-refractivity contribution >= 4 is 38.2 Å². The number of aromatic nitrogens is 1. The van der Waals surface area contributed by atoms with Crippen LogP contribution in [-0.4, -0.2) is 38.1 Å². The quantitative estimate of drug-likeness (QED) is 0.577. The van der Waals surface area contributed by atoms with E-state index in [1.165, 1.54) is 30.6 Å². The van der Waals surface area contributed by atoms with Crippen LogP contribution in [-0.2, 0) is 19.4 Å². The summed E-state index contributed by atoms with van der Waals surface area (Å²) in [5, 5.41) is 4.77. The number of rotatable bonds is 7. The lowest BCUT2D eigenvalue weighted by atomic mass is 10.1. The normalized spacial score (nSPS) is 11.1.